The molecule has 0 radical (unpaired) electrons. The van der Waals surface area contributed by atoms with Crippen molar-refractivity contribution in [1.29, 1.82) is 0 Å². The number of carbonyl (C=O) groups excluding carboxylic acids is 1. The van der Waals surface area contributed by atoms with Crippen molar-refractivity contribution in [2.24, 2.45) is 0 Å². The van der Waals surface area contributed by atoms with Gasteiger partial charge >= 0.3 is 0 Å². The molecule has 0 saturated heterocycles. The summed E-state index contributed by atoms with van der Waals surface area (Å²) in [7, 11) is 3.17. The summed E-state index contributed by atoms with van der Waals surface area (Å²) in [5.74, 6) is 1.86. The first kappa shape index (κ1) is 17.1. The zero-order valence-corrected chi connectivity index (χ0v) is 15.3. The van der Waals surface area contributed by atoms with Crippen molar-refractivity contribution in [3.05, 3.63) is 59.8 Å². The molecule has 138 valence electrons. The molecular weight excluding hydrogens is 344 g/mol. The predicted octanol–water partition coefficient (Wildman–Crippen LogP) is 3.49. The van der Waals surface area contributed by atoms with Crippen LogP contribution in [0.25, 0.3) is 11.3 Å². The summed E-state index contributed by atoms with van der Waals surface area (Å²) in [6, 6.07) is 15.3. The summed E-state index contributed by atoms with van der Waals surface area (Å²) in [6.07, 6.45) is 1.09. The van der Waals surface area contributed by atoms with Gasteiger partial charge in [0.1, 0.15) is 0 Å². The molecule has 6 heteroatoms. The van der Waals surface area contributed by atoms with Crippen LogP contribution < -0.4 is 14.4 Å². The Kier molecular flexibility index (Phi) is 4.54. The summed E-state index contributed by atoms with van der Waals surface area (Å²) < 4.78 is 16.0. The molecule has 1 amide bonds. The average Bonchev–Trinajstić information content (AvgIpc) is 3.34. The Hall–Kier alpha value is -3.28. The van der Waals surface area contributed by atoms with Gasteiger partial charge in [0.25, 0.3) is 0 Å². The minimum absolute atomic E-state index is 0.0205. The number of hydrogen-bond acceptors (Lipinski definition) is 5. The maximum absolute atomic E-state index is 12.7. The molecule has 0 spiro atoms. The zero-order valence-electron chi connectivity index (χ0n) is 15.3. The van der Waals surface area contributed by atoms with Gasteiger partial charge in [-0.2, -0.15) is 0 Å². The van der Waals surface area contributed by atoms with Crippen LogP contribution in [-0.4, -0.2) is 31.8 Å². The largest absolute Gasteiger partial charge is 0.493 e. The van der Waals surface area contributed by atoms with Crippen LogP contribution >= 0.6 is 0 Å². The molecule has 0 saturated carbocycles. The van der Waals surface area contributed by atoms with Crippen LogP contribution in [0.5, 0.6) is 11.5 Å². The fourth-order valence-electron chi connectivity index (χ4n) is 3.37. The van der Waals surface area contributed by atoms with Crippen LogP contribution in [0.15, 0.2) is 53.1 Å². The van der Waals surface area contributed by atoms with Crippen molar-refractivity contribution in [2.45, 2.75) is 12.8 Å². The predicted molar refractivity (Wildman–Crippen MR) is 101 cm³/mol. The minimum Gasteiger partial charge on any atom is -0.493 e. The van der Waals surface area contributed by atoms with Gasteiger partial charge in [-0.1, -0.05) is 23.4 Å². The number of ether oxygens (including phenoxy) is 2. The number of nitrogens with zero attached hydrogens (tertiary/aromatic N) is 2. The van der Waals surface area contributed by atoms with Gasteiger partial charge in [0.15, 0.2) is 17.3 Å². The molecule has 27 heavy (non-hydrogen) atoms. The van der Waals surface area contributed by atoms with E-state index in [1.165, 1.54) is 5.56 Å². The van der Waals surface area contributed by atoms with Crippen LogP contribution in [0.4, 0.5) is 5.69 Å². The van der Waals surface area contributed by atoms with E-state index in [1.807, 2.05) is 41.3 Å². The van der Waals surface area contributed by atoms with Gasteiger partial charge in [0.2, 0.25) is 5.91 Å². The van der Waals surface area contributed by atoms with Gasteiger partial charge in [0, 0.05) is 23.9 Å². The Balaban J connectivity index is 1.51. The van der Waals surface area contributed by atoms with E-state index < -0.39 is 0 Å². The molecule has 1 aromatic heterocycles. The highest BCUT2D eigenvalue weighted by atomic mass is 16.5. The number of aromatic nitrogens is 1. The molecule has 6 nitrogen and oxygen atoms in total. The Morgan fingerprint density at radius 3 is 2.74 bits per heavy atom. The van der Waals surface area contributed by atoms with E-state index in [4.69, 9.17) is 14.0 Å². The summed E-state index contributed by atoms with van der Waals surface area (Å²) in [5, 5.41) is 4.06. The first-order chi connectivity index (χ1) is 13.2. The quantitative estimate of drug-likeness (QED) is 0.693. The summed E-state index contributed by atoms with van der Waals surface area (Å²) in [4.78, 5) is 14.5. The molecule has 0 N–H and O–H groups in total. The minimum atomic E-state index is 0.0205. The third-order valence-electron chi connectivity index (χ3n) is 4.75. The Labute approximate surface area is 157 Å². The number of amides is 1. The van der Waals surface area contributed by atoms with E-state index in [0.29, 0.717) is 29.5 Å². The lowest BCUT2D eigenvalue weighted by Gasteiger charge is -2.16. The van der Waals surface area contributed by atoms with E-state index in [-0.39, 0.29) is 12.3 Å². The number of hydrogen-bond donors (Lipinski definition) is 0. The first-order valence-electron chi connectivity index (χ1n) is 8.76. The highest BCUT2D eigenvalue weighted by Gasteiger charge is 2.25. The van der Waals surface area contributed by atoms with Crippen molar-refractivity contribution in [2.75, 3.05) is 25.7 Å². The molecular formula is C21H20N2O4. The van der Waals surface area contributed by atoms with Gasteiger partial charge in [-0.05, 0) is 36.2 Å². The fourth-order valence-corrected chi connectivity index (χ4v) is 3.37. The van der Waals surface area contributed by atoms with E-state index in [9.17, 15) is 4.79 Å². The van der Waals surface area contributed by atoms with Crippen molar-refractivity contribution < 1.29 is 18.8 Å². The molecule has 1 aliphatic rings. The summed E-state index contributed by atoms with van der Waals surface area (Å²) in [5.41, 5.74) is 3.61. The van der Waals surface area contributed by atoms with E-state index in [1.54, 1.807) is 20.3 Å². The maximum Gasteiger partial charge on any atom is 0.233 e. The second-order valence-corrected chi connectivity index (χ2v) is 6.35. The molecule has 2 heterocycles. The molecule has 0 fully saturated rings. The molecule has 1 aliphatic heterocycles. The van der Waals surface area contributed by atoms with Crippen LogP contribution in [-0.2, 0) is 17.6 Å². The average molecular weight is 364 g/mol. The number of anilines is 1. The standard InChI is InChI=1S/C21H20N2O4/c1-25-18-8-7-15(11-20(18)26-2)19-12-16(22-27-19)13-21(24)23-10-9-14-5-3-4-6-17(14)23/h3-8,11-12H,9-10,13H2,1-2H3. The van der Waals surface area contributed by atoms with E-state index in [2.05, 4.69) is 11.2 Å². The summed E-state index contributed by atoms with van der Waals surface area (Å²) in [6.45, 7) is 0.707. The molecule has 2 aromatic carbocycles. The lowest BCUT2D eigenvalue weighted by atomic mass is 10.1. The highest BCUT2D eigenvalue weighted by Crippen LogP contribution is 2.33. The third kappa shape index (κ3) is 3.26. The highest BCUT2D eigenvalue weighted by molar-refractivity contribution is 5.96. The van der Waals surface area contributed by atoms with Gasteiger partial charge in [-0.15, -0.1) is 0 Å². The smallest absolute Gasteiger partial charge is 0.233 e. The van der Waals surface area contributed by atoms with Crippen LogP contribution in [0.2, 0.25) is 0 Å². The topological polar surface area (TPSA) is 64.8 Å². The molecule has 0 atom stereocenters. The first-order valence-corrected chi connectivity index (χ1v) is 8.76. The van der Waals surface area contributed by atoms with Crippen molar-refractivity contribution in [1.82, 2.24) is 5.16 Å². The number of rotatable bonds is 5. The van der Waals surface area contributed by atoms with Gasteiger partial charge in [0.05, 0.1) is 26.3 Å². The van der Waals surface area contributed by atoms with Gasteiger partial charge < -0.3 is 18.9 Å². The Morgan fingerprint density at radius 1 is 1.11 bits per heavy atom. The summed E-state index contributed by atoms with van der Waals surface area (Å²) >= 11 is 0. The van der Waals surface area contributed by atoms with E-state index in [0.717, 1.165) is 17.7 Å². The Morgan fingerprint density at radius 2 is 1.93 bits per heavy atom. The van der Waals surface area contributed by atoms with Crippen LogP contribution in [0.1, 0.15) is 11.3 Å². The monoisotopic (exact) mass is 364 g/mol. The number of fused-ring (bicyclic) bond motifs is 1. The second-order valence-electron chi connectivity index (χ2n) is 6.35. The molecule has 0 unspecified atom stereocenters. The lowest BCUT2D eigenvalue weighted by Crippen LogP contribution is -2.30. The molecule has 0 bridgehead atoms. The third-order valence-corrected chi connectivity index (χ3v) is 4.75. The van der Waals surface area contributed by atoms with Crippen molar-refractivity contribution in [3.63, 3.8) is 0 Å². The van der Waals surface area contributed by atoms with Crippen LogP contribution in [0, 0.1) is 0 Å². The van der Waals surface area contributed by atoms with Crippen molar-refractivity contribution in [3.8, 4) is 22.8 Å². The number of carbonyl (C=O) groups is 1. The molecule has 4 rings (SSSR count). The maximum atomic E-state index is 12.7. The Bertz CT molecular complexity index is 980. The van der Waals surface area contributed by atoms with E-state index >= 15 is 0 Å². The van der Waals surface area contributed by atoms with Crippen LogP contribution in [0.3, 0.4) is 0 Å². The lowest BCUT2D eigenvalue weighted by molar-refractivity contribution is -0.118. The van der Waals surface area contributed by atoms with Crippen molar-refractivity contribution >= 4 is 11.6 Å². The fraction of sp³-hybridized carbons (Fsp3) is 0.238. The number of methoxy groups -OCH3 is 2. The molecule has 3 aromatic rings. The number of para-hydroxylation sites is 1. The normalized spacial score (nSPS) is 12.7. The van der Waals surface area contributed by atoms with Gasteiger partial charge in [-0.25, -0.2) is 0 Å². The SMILES string of the molecule is COc1ccc(-c2cc(CC(=O)N3CCc4ccccc43)no2)cc1OC. The second kappa shape index (κ2) is 7.15. The number of benzene rings is 2. The van der Waals surface area contributed by atoms with Gasteiger partial charge in [-0.3, -0.25) is 4.79 Å². The molecule has 0 aliphatic carbocycles. The zero-order chi connectivity index (χ0) is 18.8.